The normalized spacial score (nSPS) is 10.4. The number of hydrogen-bond acceptors (Lipinski definition) is 1. The Bertz CT molecular complexity index is 412. The molecular weight excluding hydrogens is 208 g/mol. The summed E-state index contributed by atoms with van der Waals surface area (Å²) in [6.07, 6.45) is 7.48. The van der Waals surface area contributed by atoms with Crippen LogP contribution in [0.15, 0.2) is 61.2 Å². The largest absolute Gasteiger partial charge is 0.295 e. The van der Waals surface area contributed by atoms with Crippen LogP contribution in [-0.2, 0) is 4.79 Å². The molecule has 0 aliphatic heterocycles. The fourth-order valence-corrected chi connectivity index (χ4v) is 1.43. The van der Waals surface area contributed by atoms with E-state index < -0.39 is 0 Å². The molecule has 0 N–H and O–H groups in total. The highest BCUT2D eigenvalue weighted by molar-refractivity contribution is 5.93. The van der Waals surface area contributed by atoms with Gasteiger partial charge in [-0.2, -0.15) is 0 Å². The SMILES string of the molecule is C=CC(=C)CCCC(=O)/C=C/c1ccccc1. The molecule has 0 atom stereocenters. The Kier molecular flexibility index (Phi) is 5.73. The Balaban J connectivity index is 2.32. The van der Waals surface area contributed by atoms with Crippen LogP contribution in [0.3, 0.4) is 0 Å². The first-order valence-electron chi connectivity index (χ1n) is 5.78. The van der Waals surface area contributed by atoms with Gasteiger partial charge in [0.2, 0.25) is 0 Å². The topological polar surface area (TPSA) is 17.1 Å². The molecule has 0 radical (unpaired) electrons. The van der Waals surface area contributed by atoms with Gasteiger partial charge in [-0.3, -0.25) is 4.79 Å². The molecule has 0 saturated heterocycles. The van der Waals surface area contributed by atoms with Crippen LogP contribution < -0.4 is 0 Å². The maximum absolute atomic E-state index is 11.5. The lowest BCUT2D eigenvalue weighted by molar-refractivity contribution is -0.114. The highest BCUT2D eigenvalue weighted by atomic mass is 16.1. The number of rotatable bonds is 7. The van der Waals surface area contributed by atoms with Crippen molar-refractivity contribution < 1.29 is 4.79 Å². The van der Waals surface area contributed by atoms with E-state index in [1.807, 2.05) is 36.4 Å². The van der Waals surface area contributed by atoms with E-state index in [0.29, 0.717) is 6.42 Å². The molecule has 1 rings (SSSR count). The first-order chi connectivity index (χ1) is 8.22. The lowest BCUT2D eigenvalue weighted by Gasteiger charge is -1.97. The predicted octanol–water partition coefficient (Wildman–Crippen LogP) is 4.18. The number of allylic oxidation sites excluding steroid dienone is 3. The summed E-state index contributed by atoms with van der Waals surface area (Å²) in [5.41, 5.74) is 2.04. The molecule has 17 heavy (non-hydrogen) atoms. The van der Waals surface area contributed by atoms with Gasteiger partial charge in [-0.05, 0) is 24.5 Å². The van der Waals surface area contributed by atoms with E-state index in [-0.39, 0.29) is 5.78 Å². The van der Waals surface area contributed by atoms with Crippen molar-refractivity contribution in [3.05, 3.63) is 66.8 Å². The maximum atomic E-state index is 11.5. The van der Waals surface area contributed by atoms with Crippen molar-refractivity contribution in [1.29, 1.82) is 0 Å². The van der Waals surface area contributed by atoms with Gasteiger partial charge in [0.1, 0.15) is 0 Å². The standard InChI is InChI=1S/C16H18O/c1-3-14(2)8-7-11-16(17)13-12-15-9-5-4-6-10-15/h3-6,9-10,12-13H,1-2,7-8,11H2/b13-12+. The van der Waals surface area contributed by atoms with Gasteiger partial charge in [-0.25, -0.2) is 0 Å². The Hall–Kier alpha value is -1.89. The third-order valence-electron chi connectivity index (χ3n) is 2.47. The summed E-state index contributed by atoms with van der Waals surface area (Å²) >= 11 is 0. The van der Waals surface area contributed by atoms with Gasteiger partial charge < -0.3 is 0 Å². The van der Waals surface area contributed by atoms with Crippen LogP contribution in [0, 0.1) is 0 Å². The third kappa shape index (κ3) is 5.67. The second-order valence-electron chi connectivity index (χ2n) is 3.93. The number of benzene rings is 1. The molecular formula is C16H18O. The second kappa shape index (κ2) is 7.39. The average molecular weight is 226 g/mol. The van der Waals surface area contributed by atoms with Crippen LogP contribution in [0.2, 0.25) is 0 Å². The smallest absolute Gasteiger partial charge is 0.155 e. The molecule has 88 valence electrons. The summed E-state index contributed by atoms with van der Waals surface area (Å²) in [5, 5.41) is 0. The molecule has 1 heteroatoms. The Labute approximate surface area is 103 Å². The van der Waals surface area contributed by atoms with E-state index in [9.17, 15) is 4.79 Å². The number of hydrogen-bond donors (Lipinski definition) is 0. The zero-order valence-electron chi connectivity index (χ0n) is 10.1. The van der Waals surface area contributed by atoms with Crippen LogP contribution in [0.4, 0.5) is 0 Å². The van der Waals surface area contributed by atoms with Crippen molar-refractivity contribution in [2.45, 2.75) is 19.3 Å². The summed E-state index contributed by atoms with van der Waals surface area (Å²) < 4.78 is 0. The Morgan fingerprint density at radius 1 is 1.18 bits per heavy atom. The minimum Gasteiger partial charge on any atom is -0.295 e. The summed E-state index contributed by atoms with van der Waals surface area (Å²) in [6, 6.07) is 9.82. The highest BCUT2D eigenvalue weighted by Gasteiger charge is 1.97. The van der Waals surface area contributed by atoms with Crippen molar-refractivity contribution >= 4 is 11.9 Å². The van der Waals surface area contributed by atoms with Gasteiger partial charge in [0, 0.05) is 6.42 Å². The van der Waals surface area contributed by atoms with E-state index in [4.69, 9.17) is 0 Å². The minimum absolute atomic E-state index is 0.158. The minimum atomic E-state index is 0.158. The van der Waals surface area contributed by atoms with Crippen molar-refractivity contribution in [3.8, 4) is 0 Å². The van der Waals surface area contributed by atoms with Gasteiger partial charge in [-0.1, -0.05) is 61.2 Å². The first kappa shape index (κ1) is 13.2. The van der Waals surface area contributed by atoms with Gasteiger partial charge in [0.25, 0.3) is 0 Å². The van der Waals surface area contributed by atoms with E-state index in [1.165, 1.54) is 0 Å². The molecule has 0 amide bonds. The van der Waals surface area contributed by atoms with Gasteiger partial charge >= 0.3 is 0 Å². The molecule has 0 aliphatic carbocycles. The fourth-order valence-electron chi connectivity index (χ4n) is 1.43. The Morgan fingerprint density at radius 3 is 2.53 bits per heavy atom. The molecule has 0 bridgehead atoms. The molecule has 0 aliphatic rings. The van der Waals surface area contributed by atoms with Crippen LogP contribution >= 0.6 is 0 Å². The summed E-state index contributed by atoms with van der Waals surface area (Å²) in [6.45, 7) is 7.45. The molecule has 0 fully saturated rings. The van der Waals surface area contributed by atoms with E-state index in [0.717, 1.165) is 24.0 Å². The predicted molar refractivity (Wildman–Crippen MR) is 73.7 cm³/mol. The highest BCUT2D eigenvalue weighted by Crippen LogP contribution is 2.07. The second-order valence-corrected chi connectivity index (χ2v) is 3.93. The van der Waals surface area contributed by atoms with Crippen LogP contribution in [-0.4, -0.2) is 5.78 Å². The third-order valence-corrected chi connectivity index (χ3v) is 2.47. The van der Waals surface area contributed by atoms with Crippen molar-refractivity contribution in [3.63, 3.8) is 0 Å². The monoisotopic (exact) mass is 226 g/mol. The molecule has 0 unspecified atom stereocenters. The van der Waals surface area contributed by atoms with Gasteiger partial charge in [0.05, 0.1) is 0 Å². The lowest BCUT2D eigenvalue weighted by Crippen LogP contribution is -1.92. The first-order valence-corrected chi connectivity index (χ1v) is 5.78. The molecule has 0 spiro atoms. The molecule has 1 aromatic rings. The zero-order chi connectivity index (χ0) is 12.5. The maximum Gasteiger partial charge on any atom is 0.155 e. The van der Waals surface area contributed by atoms with Crippen molar-refractivity contribution in [1.82, 2.24) is 0 Å². The van der Waals surface area contributed by atoms with Gasteiger partial charge in [-0.15, -0.1) is 0 Å². The summed E-state index contributed by atoms with van der Waals surface area (Å²) in [5.74, 6) is 0.158. The van der Waals surface area contributed by atoms with E-state index >= 15 is 0 Å². The fraction of sp³-hybridized carbons (Fsp3) is 0.188. The number of carbonyl (C=O) groups excluding carboxylic acids is 1. The van der Waals surface area contributed by atoms with E-state index in [1.54, 1.807) is 12.2 Å². The quantitative estimate of drug-likeness (QED) is 0.503. The summed E-state index contributed by atoms with van der Waals surface area (Å²) in [7, 11) is 0. The zero-order valence-corrected chi connectivity index (χ0v) is 10.1. The summed E-state index contributed by atoms with van der Waals surface area (Å²) in [4.78, 5) is 11.5. The molecule has 1 aromatic carbocycles. The number of carbonyl (C=O) groups is 1. The van der Waals surface area contributed by atoms with Crippen LogP contribution in [0.25, 0.3) is 6.08 Å². The molecule has 1 nitrogen and oxygen atoms in total. The van der Waals surface area contributed by atoms with E-state index in [2.05, 4.69) is 13.2 Å². The van der Waals surface area contributed by atoms with Crippen LogP contribution in [0.5, 0.6) is 0 Å². The van der Waals surface area contributed by atoms with Crippen molar-refractivity contribution in [2.24, 2.45) is 0 Å². The van der Waals surface area contributed by atoms with Crippen molar-refractivity contribution in [2.75, 3.05) is 0 Å². The number of ketones is 1. The van der Waals surface area contributed by atoms with Gasteiger partial charge in [0.15, 0.2) is 5.78 Å². The van der Waals surface area contributed by atoms with Crippen LogP contribution in [0.1, 0.15) is 24.8 Å². The average Bonchev–Trinajstić information content (AvgIpc) is 2.37. The Morgan fingerprint density at radius 2 is 1.88 bits per heavy atom. The molecule has 0 heterocycles. The molecule has 0 saturated carbocycles. The lowest BCUT2D eigenvalue weighted by atomic mass is 10.1. The molecule has 0 aromatic heterocycles.